The van der Waals surface area contributed by atoms with Crippen molar-refractivity contribution in [3.05, 3.63) is 0 Å². The second-order valence-corrected chi connectivity index (χ2v) is 7.77. The minimum absolute atomic E-state index is 0.0490. The number of hydrogen-bond donors (Lipinski definition) is 0. The van der Waals surface area contributed by atoms with Crippen LogP contribution in [0.15, 0.2) is 0 Å². The van der Waals surface area contributed by atoms with Crippen LogP contribution >= 0.6 is 0 Å². The number of carbonyl (C=O) groups excluding carboxylic acids is 1. The van der Waals surface area contributed by atoms with Gasteiger partial charge in [-0.25, -0.2) is 8.78 Å². The molecule has 1 rings (SSSR count). The molecule has 25 heavy (non-hydrogen) atoms. The van der Waals surface area contributed by atoms with Gasteiger partial charge in [0.2, 0.25) is 0 Å². The summed E-state index contributed by atoms with van der Waals surface area (Å²) in [5, 5.41) is 0. The van der Waals surface area contributed by atoms with E-state index in [-0.39, 0.29) is 12.3 Å². The lowest BCUT2D eigenvalue weighted by Gasteiger charge is -2.33. The summed E-state index contributed by atoms with van der Waals surface area (Å²) in [6, 6.07) is 0. The molecule has 0 bridgehead atoms. The lowest BCUT2D eigenvalue weighted by molar-refractivity contribution is -0.193. The number of hydrogen-bond acceptors (Lipinski definition) is 2. The maximum absolute atomic E-state index is 13.6. The van der Waals surface area contributed by atoms with Gasteiger partial charge < -0.3 is 4.74 Å². The average Bonchev–Trinajstić information content (AvgIpc) is 2.49. The Hall–Kier alpha value is -0.880. The van der Waals surface area contributed by atoms with Crippen LogP contribution in [0.1, 0.15) is 78.6 Å². The molecule has 0 spiro atoms. The Morgan fingerprint density at radius 3 is 2.12 bits per heavy atom. The van der Waals surface area contributed by atoms with Crippen LogP contribution in [0.3, 0.4) is 0 Å². The van der Waals surface area contributed by atoms with E-state index in [0.29, 0.717) is 6.42 Å². The fourth-order valence-corrected chi connectivity index (χ4v) is 3.07. The summed E-state index contributed by atoms with van der Waals surface area (Å²) >= 11 is 0. The Labute approximate surface area is 146 Å². The molecule has 0 saturated heterocycles. The van der Waals surface area contributed by atoms with Crippen molar-refractivity contribution in [3.63, 3.8) is 0 Å². The second kappa shape index (κ2) is 8.67. The highest BCUT2D eigenvalue weighted by molar-refractivity contribution is 5.76. The maximum Gasteiger partial charge on any atom is 0.394 e. The highest BCUT2D eigenvalue weighted by Crippen LogP contribution is 2.38. The summed E-state index contributed by atoms with van der Waals surface area (Å²) in [7, 11) is 0. The molecule has 1 saturated carbocycles. The predicted octanol–water partition coefficient (Wildman–Crippen LogP) is 6.28. The van der Waals surface area contributed by atoms with Crippen LogP contribution in [-0.4, -0.2) is 24.2 Å². The fourth-order valence-electron chi connectivity index (χ4n) is 3.07. The Morgan fingerprint density at radius 1 is 1.08 bits per heavy atom. The van der Waals surface area contributed by atoms with Crippen molar-refractivity contribution in [2.45, 2.75) is 96.8 Å². The van der Waals surface area contributed by atoms with Gasteiger partial charge in [0.1, 0.15) is 12.5 Å². The quantitative estimate of drug-likeness (QED) is 0.370. The molecule has 2 nitrogen and oxygen atoms in total. The van der Waals surface area contributed by atoms with Crippen molar-refractivity contribution >= 4 is 5.97 Å². The molecule has 0 N–H and O–H groups in total. The van der Waals surface area contributed by atoms with E-state index >= 15 is 0 Å². The first-order valence-electron chi connectivity index (χ1n) is 9.02. The van der Waals surface area contributed by atoms with Gasteiger partial charge in [-0.3, -0.25) is 4.79 Å². The number of ether oxygens (including phenoxy) is 1. The van der Waals surface area contributed by atoms with Gasteiger partial charge in [0.15, 0.2) is 0 Å². The van der Waals surface area contributed by atoms with Crippen molar-refractivity contribution in [1.29, 1.82) is 0 Å². The molecule has 148 valence electrons. The predicted molar refractivity (Wildman–Crippen MR) is 85.4 cm³/mol. The van der Waals surface area contributed by atoms with Gasteiger partial charge in [-0.1, -0.05) is 26.2 Å². The van der Waals surface area contributed by atoms with Crippen molar-refractivity contribution in [2.24, 2.45) is 11.3 Å². The van der Waals surface area contributed by atoms with Gasteiger partial charge in [0.25, 0.3) is 5.92 Å². The van der Waals surface area contributed by atoms with Crippen LogP contribution in [0.25, 0.3) is 0 Å². The number of carbonyl (C=O) groups is 1. The number of rotatable bonds is 8. The van der Waals surface area contributed by atoms with Gasteiger partial charge >= 0.3 is 12.1 Å². The first kappa shape index (κ1) is 22.2. The molecule has 1 fully saturated rings. The van der Waals surface area contributed by atoms with Gasteiger partial charge in [-0.2, -0.15) is 13.2 Å². The third-order valence-corrected chi connectivity index (χ3v) is 5.12. The van der Waals surface area contributed by atoms with Crippen molar-refractivity contribution in [3.8, 4) is 0 Å². The van der Waals surface area contributed by atoms with E-state index in [1.54, 1.807) is 13.8 Å². The van der Waals surface area contributed by atoms with E-state index < -0.39 is 42.4 Å². The molecule has 0 radical (unpaired) electrons. The summed E-state index contributed by atoms with van der Waals surface area (Å²) in [6.07, 6.45) is -4.00. The zero-order chi connectivity index (χ0) is 19.3. The summed E-state index contributed by atoms with van der Waals surface area (Å²) in [5.74, 6) is -4.35. The monoisotopic (exact) mass is 372 g/mol. The SMILES string of the molecule is CCC(C)(C)C(=O)OC(CCC(F)(F)CC(F)(F)F)C1CCCCC1. The number of halogens is 5. The van der Waals surface area contributed by atoms with E-state index in [2.05, 4.69) is 0 Å². The molecule has 1 aliphatic rings. The smallest absolute Gasteiger partial charge is 0.394 e. The van der Waals surface area contributed by atoms with Crippen LogP contribution in [0.2, 0.25) is 0 Å². The van der Waals surface area contributed by atoms with Crippen molar-refractivity contribution in [1.82, 2.24) is 0 Å². The average molecular weight is 372 g/mol. The Morgan fingerprint density at radius 2 is 1.64 bits per heavy atom. The Bertz CT molecular complexity index is 426. The molecule has 0 aliphatic heterocycles. The van der Waals surface area contributed by atoms with E-state index in [0.717, 1.165) is 32.1 Å². The molecule has 1 aliphatic carbocycles. The minimum Gasteiger partial charge on any atom is -0.462 e. The van der Waals surface area contributed by atoms with Crippen LogP contribution < -0.4 is 0 Å². The molecule has 0 amide bonds. The topological polar surface area (TPSA) is 26.3 Å². The standard InChI is InChI=1S/C18H29F5O2/c1-4-16(2,3)15(24)25-14(13-8-6-5-7-9-13)10-11-17(19,20)12-18(21,22)23/h13-14H,4-12H2,1-3H3. The molecule has 1 atom stereocenters. The minimum atomic E-state index is -4.91. The molecular formula is C18H29F5O2. The molecule has 0 aromatic rings. The Balaban J connectivity index is 2.76. The summed E-state index contributed by atoms with van der Waals surface area (Å²) in [4.78, 5) is 12.3. The third-order valence-electron chi connectivity index (χ3n) is 5.12. The largest absolute Gasteiger partial charge is 0.462 e. The van der Waals surface area contributed by atoms with E-state index in [9.17, 15) is 26.7 Å². The molecule has 1 unspecified atom stereocenters. The molecule has 7 heteroatoms. The normalized spacial score (nSPS) is 18.9. The Kier molecular flexibility index (Phi) is 7.69. The highest BCUT2D eigenvalue weighted by atomic mass is 19.4. The molecule has 0 aromatic carbocycles. The summed E-state index contributed by atoms with van der Waals surface area (Å²) in [6.45, 7) is 5.26. The first-order chi connectivity index (χ1) is 11.4. The fraction of sp³-hybridized carbons (Fsp3) is 0.944. The lowest BCUT2D eigenvalue weighted by Crippen LogP contribution is -2.36. The van der Waals surface area contributed by atoms with E-state index in [1.807, 2.05) is 6.92 Å². The molecule has 0 aromatic heterocycles. The number of esters is 1. The van der Waals surface area contributed by atoms with Crippen molar-refractivity contribution < 1.29 is 31.5 Å². The lowest BCUT2D eigenvalue weighted by atomic mass is 9.82. The van der Waals surface area contributed by atoms with Crippen LogP contribution in [0, 0.1) is 11.3 Å². The summed E-state index contributed by atoms with van der Waals surface area (Å²) < 4.78 is 69.6. The van der Waals surface area contributed by atoms with Crippen molar-refractivity contribution in [2.75, 3.05) is 0 Å². The number of alkyl halides is 5. The van der Waals surface area contributed by atoms with Crippen LogP contribution in [0.4, 0.5) is 22.0 Å². The first-order valence-corrected chi connectivity index (χ1v) is 9.02. The van der Waals surface area contributed by atoms with Crippen LogP contribution in [-0.2, 0) is 9.53 Å². The van der Waals surface area contributed by atoms with Gasteiger partial charge in [-0.05, 0) is 45.4 Å². The highest BCUT2D eigenvalue weighted by Gasteiger charge is 2.44. The maximum atomic E-state index is 13.6. The summed E-state index contributed by atoms with van der Waals surface area (Å²) in [5.41, 5.74) is -0.735. The van der Waals surface area contributed by atoms with E-state index in [4.69, 9.17) is 4.74 Å². The molecular weight excluding hydrogens is 343 g/mol. The van der Waals surface area contributed by atoms with Gasteiger partial charge in [-0.15, -0.1) is 0 Å². The zero-order valence-corrected chi connectivity index (χ0v) is 15.2. The van der Waals surface area contributed by atoms with Gasteiger partial charge in [0, 0.05) is 6.42 Å². The second-order valence-electron chi connectivity index (χ2n) is 7.77. The van der Waals surface area contributed by atoms with Gasteiger partial charge in [0.05, 0.1) is 5.41 Å². The van der Waals surface area contributed by atoms with E-state index in [1.165, 1.54) is 0 Å². The third kappa shape index (κ3) is 7.90. The zero-order valence-electron chi connectivity index (χ0n) is 15.2. The molecule has 0 heterocycles. The van der Waals surface area contributed by atoms with Crippen LogP contribution in [0.5, 0.6) is 0 Å².